The van der Waals surface area contributed by atoms with E-state index in [0.717, 1.165) is 25.2 Å². The molecule has 0 radical (unpaired) electrons. The molecule has 1 unspecified atom stereocenters. The highest BCUT2D eigenvalue weighted by Gasteiger charge is 2.19. The highest BCUT2D eigenvalue weighted by molar-refractivity contribution is 5.50. The van der Waals surface area contributed by atoms with Crippen LogP contribution >= 0.6 is 0 Å². The van der Waals surface area contributed by atoms with Gasteiger partial charge >= 0.3 is 0 Å². The maximum Gasteiger partial charge on any atom is 0.122 e. The van der Waals surface area contributed by atoms with Crippen molar-refractivity contribution in [3.63, 3.8) is 0 Å². The normalized spacial score (nSPS) is 13.9. The Kier molecular flexibility index (Phi) is 10.1. The first-order valence-corrected chi connectivity index (χ1v) is 8.15. The fraction of sp³-hybridized carbons (Fsp3) is 0.667. The molecule has 122 valence electrons. The van der Waals surface area contributed by atoms with Gasteiger partial charge < -0.3 is 15.2 Å². The van der Waals surface area contributed by atoms with Gasteiger partial charge in [0.2, 0.25) is 0 Å². The number of hydrogen-bond acceptors (Lipinski definition) is 3. The molecule has 0 amide bonds. The van der Waals surface area contributed by atoms with Gasteiger partial charge in [0.1, 0.15) is 5.75 Å². The van der Waals surface area contributed by atoms with Crippen LogP contribution in [-0.2, 0) is 24.2 Å². The molecular formula is C18H33NO2. The quantitative estimate of drug-likeness (QED) is 0.916. The van der Waals surface area contributed by atoms with Crippen molar-refractivity contribution in [3.8, 4) is 5.75 Å². The molecule has 0 saturated carbocycles. The zero-order valence-electron chi connectivity index (χ0n) is 14.9. The number of hydrogen-bond donors (Lipinski definition) is 1. The summed E-state index contributed by atoms with van der Waals surface area (Å²) < 4.78 is 11.0. The Bertz CT molecular complexity index is 414. The summed E-state index contributed by atoms with van der Waals surface area (Å²) in [4.78, 5) is 0. The summed E-state index contributed by atoms with van der Waals surface area (Å²) in [7, 11) is 1.73. The van der Waals surface area contributed by atoms with Crippen LogP contribution in [0.25, 0.3) is 0 Å². The third kappa shape index (κ3) is 5.33. The average Bonchev–Trinajstić information content (AvgIpc) is 2.53. The van der Waals surface area contributed by atoms with Crippen molar-refractivity contribution in [2.45, 2.75) is 67.0 Å². The molecule has 1 aliphatic heterocycles. The average molecular weight is 295 g/mol. The minimum Gasteiger partial charge on any atom is -0.496 e. The zero-order chi connectivity index (χ0) is 16.4. The molecule has 3 heteroatoms. The predicted octanol–water partition coefficient (Wildman–Crippen LogP) is 4.02. The monoisotopic (exact) mass is 295 g/mol. The van der Waals surface area contributed by atoms with E-state index in [-0.39, 0.29) is 6.04 Å². The number of nitrogens with two attached hydrogens (primary N) is 1. The smallest absolute Gasteiger partial charge is 0.122 e. The molecule has 2 N–H and O–H groups in total. The van der Waals surface area contributed by atoms with Crippen molar-refractivity contribution >= 4 is 0 Å². The Balaban J connectivity index is 0.000000921. The Morgan fingerprint density at radius 1 is 1.24 bits per heavy atom. The van der Waals surface area contributed by atoms with Gasteiger partial charge in [0, 0.05) is 11.6 Å². The highest BCUT2D eigenvalue weighted by atomic mass is 16.5. The Labute approximate surface area is 130 Å². The molecule has 0 bridgehead atoms. The number of ether oxygens (including phenoxy) is 2. The molecule has 3 nitrogen and oxygen atoms in total. The first kappa shape index (κ1) is 19.9. The van der Waals surface area contributed by atoms with Gasteiger partial charge in [-0.15, -0.1) is 0 Å². The number of rotatable bonds is 3. The lowest BCUT2D eigenvalue weighted by atomic mass is 9.91. The van der Waals surface area contributed by atoms with E-state index in [4.69, 9.17) is 15.2 Å². The fourth-order valence-electron chi connectivity index (χ4n) is 2.48. The van der Waals surface area contributed by atoms with Crippen molar-refractivity contribution in [2.75, 3.05) is 13.7 Å². The van der Waals surface area contributed by atoms with Crippen LogP contribution in [0.1, 0.15) is 56.9 Å². The molecule has 21 heavy (non-hydrogen) atoms. The van der Waals surface area contributed by atoms with E-state index in [1.165, 1.54) is 22.3 Å². The Morgan fingerprint density at radius 3 is 2.38 bits per heavy atom. The third-order valence-electron chi connectivity index (χ3n) is 3.41. The van der Waals surface area contributed by atoms with E-state index in [2.05, 4.69) is 13.0 Å². The second kappa shape index (κ2) is 10.6. The van der Waals surface area contributed by atoms with Gasteiger partial charge in [-0.1, -0.05) is 27.7 Å². The molecule has 1 aromatic rings. The summed E-state index contributed by atoms with van der Waals surface area (Å²) in [5.41, 5.74) is 11.1. The maximum atomic E-state index is 5.89. The van der Waals surface area contributed by atoms with Crippen LogP contribution < -0.4 is 10.5 Å². The zero-order valence-corrected chi connectivity index (χ0v) is 14.9. The molecular weight excluding hydrogens is 262 g/mol. The number of benzene rings is 1. The van der Waals surface area contributed by atoms with Crippen molar-refractivity contribution in [3.05, 3.63) is 28.3 Å². The molecule has 0 aliphatic carbocycles. The van der Waals surface area contributed by atoms with Crippen molar-refractivity contribution in [2.24, 2.45) is 5.73 Å². The molecule has 1 heterocycles. The first-order valence-electron chi connectivity index (χ1n) is 8.15. The molecule has 0 fully saturated rings. The SMILES string of the molecule is CC.CC.COc1cc(CC(C)N)c(C)c2c1CCOC2. The van der Waals surface area contributed by atoms with Crippen molar-refractivity contribution in [1.82, 2.24) is 0 Å². The van der Waals surface area contributed by atoms with Gasteiger partial charge in [0.15, 0.2) is 0 Å². The Morgan fingerprint density at radius 2 is 1.86 bits per heavy atom. The Hall–Kier alpha value is -1.06. The lowest BCUT2D eigenvalue weighted by Crippen LogP contribution is -2.20. The summed E-state index contributed by atoms with van der Waals surface area (Å²) >= 11 is 0. The summed E-state index contributed by atoms with van der Waals surface area (Å²) in [5.74, 6) is 0.990. The molecule has 1 aromatic carbocycles. The third-order valence-corrected chi connectivity index (χ3v) is 3.41. The molecule has 0 aromatic heterocycles. The summed E-state index contributed by atoms with van der Waals surface area (Å²) in [6.07, 6.45) is 1.83. The summed E-state index contributed by atoms with van der Waals surface area (Å²) in [6, 6.07) is 2.31. The topological polar surface area (TPSA) is 44.5 Å². The van der Waals surface area contributed by atoms with E-state index in [0.29, 0.717) is 6.61 Å². The van der Waals surface area contributed by atoms with Crippen LogP contribution in [0.15, 0.2) is 6.07 Å². The van der Waals surface area contributed by atoms with E-state index in [9.17, 15) is 0 Å². The van der Waals surface area contributed by atoms with Gasteiger partial charge in [-0.05, 0) is 49.4 Å². The number of fused-ring (bicyclic) bond motifs is 1. The van der Waals surface area contributed by atoms with Crippen LogP contribution in [0.4, 0.5) is 0 Å². The maximum absolute atomic E-state index is 5.89. The standard InChI is InChI=1S/C14H21NO2.2C2H6/c1-9(15)6-11-7-14(16-3)12-4-5-17-8-13(12)10(11)2;2*1-2/h7,9H,4-6,8,15H2,1-3H3;2*1-2H3. The van der Waals surface area contributed by atoms with Crippen LogP contribution in [0.3, 0.4) is 0 Å². The second-order valence-corrected chi connectivity index (χ2v) is 4.80. The summed E-state index contributed by atoms with van der Waals surface area (Å²) in [5, 5.41) is 0. The van der Waals surface area contributed by atoms with Crippen molar-refractivity contribution in [1.29, 1.82) is 0 Å². The van der Waals surface area contributed by atoms with E-state index in [1.54, 1.807) is 7.11 Å². The van der Waals surface area contributed by atoms with Gasteiger partial charge in [0.25, 0.3) is 0 Å². The predicted molar refractivity (Wildman–Crippen MR) is 91.1 cm³/mol. The van der Waals surface area contributed by atoms with Gasteiger partial charge in [0.05, 0.1) is 20.3 Å². The molecule has 1 aliphatic rings. The van der Waals surface area contributed by atoms with Gasteiger partial charge in [-0.3, -0.25) is 0 Å². The fourth-order valence-corrected chi connectivity index (χ4v) is 2.48. The highest BCUT2D eigenvalue weighted by Crippen LogP contribution is 2.32. The lowest BCUT2D eigenvalue weighted by Gasteiger charge is -2.24. The van der Waals surface area contributed by atoms with E-state index >= 15 is 0 Å². The first-order chi connectivity index (χ1) is 10.1. The minimum atomic E-state index is 0.168. The van der Waals surface area contributed by atoms with E-state index < -0.39 is 0 Å². The summed E-state index contributed by atoms with van der Waals surface area (Å²) in [6.45, 7) is 13.7. The van der Waals surface area contributed by atoms with Crippen molar-refractivity contribution < 1.29 is 9.47 Å². The molecule has 2 rings (SSSR count). The van der Waals surface area contributed by atoms with Gasteiger partial charge in [-0.2, -0.15) is 0 Å². The van der Waals surface area contributed by atoms with Crippen LogP contribution in [0.2, 0.25) is 0 Å². The lowest BCUT2D eigenvalue weighted by molar-refractivity contribution is 0.109. The number of methoxy groups -OCH3 is 1. The van der Waals surface area contributed by atoms with Crippen LogP contribution in [0, 0.1) is 6.92 Å². The molecule has 0 saturated heterocycles. The van der Waals surface area contributed by atoms with E-state index in [1.807, 2.05) is 34.6 Å². The van der Waals surface area contributed by atoms with Crippen LogP contribution in [-0.4, -0.2) is 19.8 Å². The van der Waals surface area contributed by atoms with Gasteiger partial charge in [-0.25, -0.2) is 0 Å². The molecule has 0 spiro atoms. The minimum absolute atomic E-state index is 0.168. The van der Waals surface area contributed by atoms with Crippen LogP contribution in [0.5, 0.6) is 5.75 Å². The molecule has 1 atom stereocenters. The second-order valence-electron chi connectivity index (χ2n) is 4.80. The largest absolute Gasteiger partial charge is 0.496 e.